The Balaban J connectivity index is 0.000000278. The number of amides is 1. The summed E-state index contributed by atoms with van der Waals surface area (Å²) in [7, 11) is 0. The first-order valence-corrected chi connectivity index (χ1v) is 10.1. The van der Waals surface area contributed by atoms with E-state index in [-0.39, 0.29) is 5.82 Å². The van der Waals surface area contributed by atoms with Gasteiger partial charge in [-0.05, 0) is 41.9 Å². The minimum absolute atomic E-state index is 0.183. The van der Waals surface area contributed by atoms with E-state index >= 15 is 0 Å². The number of nitrogens with zero attached hydrogens (tertiary/aromatic N) is 1. The van der Waals surface area contributed by atoms with Crippen molar-refractivity contribution >= 4 is 6.09 Å². The van der Waals surface area contributed by atoms with Gasteiger partial charge in [0, 0.05) is 26.2 Å². The van der Waals surface area contributed by atoms with E-state index in [4.69, 9.17) is 5.11 Å². The molecule has 2 saturated carbocycles. The molecular weight excluding hydrogens is 331 g/mol. The van der Waals surface area contributed by atoms with Crippen LogP contribution in [0.1, 0.15) is 56.4 Å². The van der Waals surface area contributed by atoms with E-state index in [1.54, 1.807) is 0 Å². The lowest BCUT2D eigenvalue weighted by Crippen LogP contribution is -2.33. The van der Waals surface area contributed by atoms with Crippen molar-refractivity contribution in [2.24, 2.45) is 11.8 Å². The van der Waals surface area contributed by atoms with E-state index in [0.29, 0.717) is 18.4 Å². The van der Waals surface area contributed by atoms with E-state index in [1.165, 1.54) is 62.6 Å². The van der Waals surface area contributed by atoms with Gasteiger partial charge in [-0.3, -0.25) is 0 Å². The maximum atomic E-state index is 12.9. The number of carbonyl (C=O) groups is 1. The predicted octanol–water partition coefficient (Wildman–Crippen LogP) is 4.47. The quantitative estimate of drug-likeness (QED) is 0.831. The molecule has 4 nitrogen and oxygen atoms in total. The van der Waals surface area contributed by atoms with Crippen LogP contribution in [-0.4, -0.2) is 42.3 Å². The maximum Gasteiger partial charge on any atom is 0.404 e. The summed E-state index contributed by atoms with van der Waals surface area (Å²) in [6, 6.07) is 6.86. The molecule has 1 aromatic carbocycles. The van der Waals surface area contributed by atoms with Crippen molar-refractivity contribution in [2.45, 2.75) is 50.9 Å². The van der Waals surface area contributed by atoms with Crippen molar-refractivity contribution in [3.8, 4) is 0 Å². The van der Waals surface area contributed by atoms with Crippen molar-refractivity contribution in [1.29, 1.82) is 0 Å². The number of benzene rings is 1. The summed E-state index contributed by atoms with van der Waals surface area (Å²) in [4.78, 5) is 12.7. The first-order chi connectivity index (χ1) is 12.6. The Morgan fingerprint density at radius 2 is 1.69 bits per heavy atom. The van der Waals surface area contributed by atoms with Crippen LogP contribution in [0.2, 0.25) is 0 Å². The lowest BCUT2D eigenvalue weighted by Gasteiger charge is -2.40. The fourth-order valence-electron chi connectivity index (χ4n) is 4.66. The Bertz CT molecular complexity index is 562. The van der Waals surface area contributed by atoms with Crippen LogP contribution < -0.4 is 5.32 Å². The molecule has 0 aromatic heterocycles. The zero-order chi connectivity index (χ0) is 18.4. The number of fused-ring (bicyclic) bond motifs is 1. The second kappa shape index (κ2) is 9.36. The molecule has 5 heteroatoms. The van der Waals surface area contributed by atoms with Gasteiger partial charge in [0.2, 0.25) is 0 Å². The highest BCUT2D eigenvalue weighted by molar-refractivity contribution is 5.64. The molecule has 0 spiro atoms. The van der Waals surface area contributed by atoms with Gasteiger partial charge in [0.05, 0.1) is 0 Å². The smallest absolute Gasteiger partial charge is 0.404 e. The van der Waals surface area contributed by atoms with E-state index in [9.17, 15) is 9.18 Å². The summed E-state index contributed by atoms with van der Waals surface area (Å²) in [6.45, 7) is 3.34. The maximum absolute atomic E-state index is 12.9. The van der Waals surface area contributed by atoms with Gasteiger partial charge in [0.25, 0.3) is 0 Å². The van der Waals surface area contributed by atoms with Crippen LogP contribution in [0.25, 0.3) is 0 Å². The van der Waals surface area contributed by atoms with Crippen LogP contribution >= 0.6 is 0 Å². The van der Waals surface area contributed by atoms with Gasteiger partial charge in [-0.2, -0.15) is 0 Å². The average molecular weight is 362 g/mol. The predicted molar refractivity (Wildman–Crippen MR) is 101 cm³/mol. The van der Waals surface area contributed by atoms with Crippen LogP contribution in [0.3, 0.4) is 0 Å². The second-order valence-corrected chi connectivity index (χ2v) is 7.93. The third-order valence-corrected chi connectivity index (χ3v) is 6.14. The van der Waals surface area contributed by atoms with Crippen LogP contribution in [0, 0.1) is 17.7 Å². The standard InChI is InChI=1S/C15H19FN2O2.C6H12/c16-12-3-1-10(2-4-12)13-7-11-8-18(9-14(11)13)6-5-17-15(19)20;1-2-4-6-5-3-1/h1-4,11,13-14,17H,5-9H2,(H,19,20);1-6H2. The van der Waals surface area contributed by atoms with Gasteiger partial charge >= 0.3 is 6.09 Å². The Morgan fingerprint density at radius 3 is 2.27 bits per heavy atom. The molecule has 1 saturated heterocycles. The molecule has 0 bridgehead atoms. The third-order valence-electron chi connectivity index (χ3n) is 6.14. The summed E-state index contributed by atoms with van der Waals surface area (Å²) in [5.41, 5.74) is 1.23. The molecule has 4 rings (SSSR count). The highest BCUT2D eigenvalue weighted by Gasteiger charge is 2.47. The van der Waals surface area contributed by atoms with Gasteiger partial charge < -0.3 is 15.3 Å². The highest BCUT2D eigenvalue weighted by Crippen LogP contribution is 2.51. The summed E-state index contributed by atoms with van der Waals surface area (Å²) in [6.07, 6.45) is 9.20. The Hall–Kier alpha value is -1.62. The fourth-order valence-corrected chi connectivity index (χ4v) is 4.66. The molecule has 26 heavy (non-hydrogen) atoms. The summed E-state index contributed by atoms with van der Waals surface area (Å²) >= 11 is 0. The zero-order valence-corrected chi connectivity index (χ0v) is 15.5. The summed E-state index contributed by atoms with van der Waals surface area (Å²) in [5, 5.41) is 11.0. The Kier molecular flexibility index (Phi) is 6.89. The summed E-state index contributed by atoms with van der Waals surface area (Å²) in [5.74, 6) is 1.72. The van der Waals surface area contributed by atoms with Crippen molar-refractivity contribution in [3.63, 3.8) is 0 Å². The lowest BCUT2D eigenvalue weighted by atomic mass is 9.64. The van der Waals surface area contributed by atoms with Crippen LogP contribution in [-0.2, 0) is 0 Å². The van der Waals surface area contributed by atoms with Crippen molar-refractivity contribution in [1.82, 2.24) is 10.2 Å². The summed E-state index contributed by atoms with van der Waals surface area (Å²) < 4.78 is 12.9. The first kappa shape index (κ1) is 19.2. The van der Waals surface area contributed by atoms with Gasteiger partial charge in [0.15, 0.2) is 0 Å². The first-order valence-electron chi connectivity index (χ1n) is 10.1. The van der Waals surface area contributed by atoms with E-state index < -0.39 is 6.09 Å². The molecule has 3 unspecified atom stereocenters. The molecule has 1 aliphatic heterocycles. The minimum Gasteiger partial charge on any atom is -0.465 e. The van der Waals surface area contributed by atoms with Gasteiger partial charge in [-0.15, -0.1) is 0 Å². The SMILES string of the molecule is C1CCCCC1.O=C(O)NCCN1CC2CC(c3ccc(F)cc3)C2C1. The zero-order valence-electron chi connectivity index (χ0n) is 15.5. The normalized spacial score (nSPS) is 27.7. The number of rotatable bonds is 4. The fraction of sp³-hybridized carbons (Fsp3) is 0.667. The molecule has 2 aliphatic carbocycles. The molecule has 144 valence electrons. The minimum atomic E-state index is -0.962. The number of hydrogen-bond donors (Lipinski definition) is 2. The van der Waals surface area contributed by atoms with Crippen LogP contribution in [0.15, 0.2) is 24.3 Å². The molecule has 1 aromatic rings. The Labute approximate surface area is 155 Å². The molecule has 3 atom stereocenters. The van der Waals surface area contributed by atoms with Gasteiger partial charge in [0.1, 0.15) is 5.82 Å². The molecule has 3 aliphatic rings. The average Bonchev–Trinajstić information content (AvgIpc) is 2.95. The molecule has 0 radical (unpaired) electrons. The monoisotopic (exact) mass is 362 g/mol. The number of nitrogens with one attached hydrogen (secondary N) is 1. The topological polar surface area (TPSA) is 52.6 Å². The Morgan fingerprint density at radius 1 is 1.08 bits per heavy atom. The molecule has 3 fully saturated rings. The van der Waals surface area contributed by atoms with Crippen LogP contribution in [0.4, 0.5) is 9.18 Å². The largest absolute Gasteiger partial charge is 0.465 e. The van der Waals surface area contributed by atoms with Crippen LogP contribution in [0.5, 0.6) is 0 Å². The number of carboxylic acid groups (broad SMARTS) is 1. The van der Waals surface area contributed by atoms with Crippen molar-refractivity contribution in [3.05, 3.63) is 35.6 Å². The molecule has 1 amide bonds. The van der Waals surface area contributed by atoms with Crippen molar-refractivity contribution in [2.75, 3.05) is 26.2 Å². The number of hydrogen-bond acceptors (Lipinski definition) is 2. The third kappa shape index (κ3) is 5.19. The number of halogens is 1. The van der Waals surface area contributed by atoms with E-state index in [2.05, 4.69) is 10.2 Å². The second-order valence-electron chi connectivity index (χ2n) is 7.93. The van der Waals surface area contributed by atoms with E-state index in [0.717, 1.165) is 25.6 Å². The van der Waals surface area contributed by atoms with Gasteiger partial charge in [-0.25, -0.2) is 9.18 Å². The van der Waals surface area contributed by atoms with Gasteiger partial charge in [-0.1, -0.05) is 50.7 Å². The lowest BCUT2D eigenvalue weighted by molar-refractivity contribution is 0.190. The van der Waals surface area contributed by atoms with E-state index in [1.807, 2.05) is 12.1 Å². The highest BCUT2D eigenvalue weighted by atomic mass is 19.1. The molecule has 2 N–H and O–H groups in total. The molecule has 1 heterocycles. The van der Waals surface area contributed by atoms with Crippen molar-refractivity contribution < 1.29 is 14.3 Å². The molecular formula is C21H31FN2O2. The number of likely N-dealkylation sites (tertiary alicyclic amines) is 1.